The standard InChI is InChI=1S/C20H24N2O5S/c1-16-7-8-17(15-19(16)28(24,25)22-10-13-26-14-11-22)20(23)21-9-12-27-18-5-3-2-4-6-18/h2-8,15H,9-14H2,1H3,(H,21,23). The topological polar surface area (TPSA) is 84.9 Å². The van der Waals surface area contributed by atoms with Gasteiger partial charge in [-0.05, 0) is 36.8 Å². The fraction of sp³-hybridized carbons (Fsp3) is 0.350. The summed E-state index contributed by atoms with van der Waals surface area (Å²) < 4.78 is 38.0. The van der Waals surface area contributed by atoms with E-state index in [-0.39, 0.29) is 10.8 Å². The van der Waals surface area contributed by atoms with Crippen molar-refractivity contribution >= 4 is 15.9 Å². The summed E-state index contributed by atoms with van der Waals surface area (Å²) in [5, 5.41) is 2.75. The molecule has 0 saturated carbocycles. The Morgan fingerprint density at radius 2 is 1.86 bits per heavy atom. The minimum absolute atomic E-state index is 0.155. The molecule has 2 aromatic rings. The van der Waals surface area contributed by atoms with Gasteiger partial charge in [0.05, 0.1) is 24.7 Å². The Hall–Kier alpha value is -2.42. The number of ether oxygens (including phenoxy) is 2. The van der Waals surface area contributed by atoms with E-state index in [0.717, 1.165) is 5.75 Å². The van der Waals surface area contributed by atoms with Gasteiger partial charge >= 0.3 is 0 Å². The van der Waals surface area contributed by atoms with Crippen LogP contribution in [0.2, 0.25) is 0 Å². The van der Waals surface area contributed by atoms with Crippen molar-refractivity contribution in [2.45, 2.75) is 11.8 Å². The maximum atomic E-state index is 12.9. The molecule has 0 unspecified atom stereocenters. The van der Waals surface area contributed by atoms with Crippen molar-refractivity contribution in [1.29, 1.82) is 0 Å². The van der Waals surface area contributed by atoms with E-state index in [1.165, 1.54) is 10.4 Å². The number of benzene rings is 2. The molecule has 150 valence electrons. The maximum absolute atomic E-state index is 12.9. The smallest absolute Gasteiger partial charge is 0.251 e. The van der Waals surface area contributed by atoms with Crippen LogP contribution in [-0.4, -0.2) is 58.1 Å². The zero-order chi connectivity index (χ0) is 20.0. The number of sulfonamides is 1. The van der Waals surface area contributed by atoms with Gasteiger partial charge in [0.15, 0.2) is 0 Å². The van der Waals surface area contributed by atoms with Gasteiger partial charge in [0, 0.05) is 18.7 Å². The molecule has 0 atom stereocenters. The first kappa shape index (κ1) is 20.3. The maximum Gasteiger partial charge on any atom is 0.251 e. The number of carbonyl (C=O) groups is 1. The molecule has 3 rings (SSSR count). The molecule has 0 bridgehead atoms. The second kappa shape index (κ2) is 9.18. The van der Waals surface area contributed by atoms with E-state index in [9.17, 15) is 13.2 Å². The molecule has 28 heavy (non-hydrogen) atoms. The van der Waals surface area contributed by atoms with Crippen molar-refractivity contribution in [2.24, 2.45) is 0 Å². The fourth-order valence-corrected chi connectivity index (χ4v) is 4.56. The highest BCUT2D eigenvalue weighted by molar-refractivity contribution is 7.89. The first-order valence-electron chi connectivity index (χ1n) is 9.13. The molecule has 8 heteroatoms. The molecule has 1 aliphatic rings. The van der Waals surface area contributed by atoms with Crippen LogP contribution in [-0.2, 0) is 14.8 Å². The third-order valence-corrected chi connectivity index (χ3v) is 6.48. The molecule has 7 nitrogen and oxygen atoms in total. The molecule has 1 N–H and O–H groups in total. The predicted molar refractivity (Wildman–Crippen MR) is 105 cm³/mol. The van der Waals surface area contributed by atoms with Crippen molar-refractivity contribution in [3.63, 3.8) is 0 Å². The number of morpholine rings is 1. The number of para-hydroxylation sites is 1. The van der Waals surface area contributed by atoms with Crippen LogP contribution in [0.15, 0.2) is 53.4 Å². The number of nitrogens with one attached hydrogen (secondary N) is 1. The lowest BCUT2D eigenvalue weighted by Crippen LogP contribution is -2.41. The Kier molecular flexibility index (Phi) is 6.66. The summed E-state index contributed by atoms with van der Waals surface area (Å²) in [6.07, 6.45) is 0. The van der Waals surface area contributed by atoms with E-state index in [0.29, 0.717) is 50.6 Å². The normalized spacial score (nSPS) is 15.2. The Labute approximate surface area is 165 Å². The van der Waals surface area contributed by atoms with Crippen LogP contribution in [0, 0.1) is 6.92 Å². The minimum Gasteiger partial charge on any atom is -0.492 e. The average molecular weight is 404 g/mol. The molecule has 0 aromatic heterocycles. The molecule has 0 spiro atoms. The molecule has 1 fully saturated rings. The number of carbonyl (C=O) groups excluding carboxylic acids is 1. The Balaban J connectivity index is 1.64. The van der Waals surface area contributed by atoms with Gasteiger partial charge in [-0.25, -0.2) is 8.42 Å². The van der Waals surface area contributed by atoms with Crippen LogP contribution in [0.25, 0.3) is 0 Å². The molecule has 0 aliphatic carbocycles. The Morgan fingerprint density at radius 1 is 1.14 bits per heavy atom. The van der Waals surface area contributed by atoms with Gasteiger partial charge in [-0.1, -0.05) is 24.3 Å². The summed E-state index contributed by atoms with van der Waals surface area (Å²) >= 11 is 0. The van der Waals surface area contributed by atoms with Gasteiger partial charge in [-0.2, -0.15) is 4.31 Å². The van der Waals surface area contributed by atoms with Crippen molar-refractivity contribution < 1.29 is 22.7 Å². The highest BCUT2D eigenvalue weighted by Gasteiger charge is 2.28. The second-order valence-electron chi connectivity index (χ2n) is 6.41. The van der Waals surface area contributed by atoms with Crippen LogP contribution >= 0.6 is 0 Å². The van der Waals surface area contributed by atoms with Gasteiger partial charge in [-0.3, -0.25) is 4.79 Å². The summed E-state index contributed by atoms with van der Waals surface area (Å²) in [7, 11) is -3.66. The zero-order valence-corrected chi connectivity index (χ0v) is 16.6. The molecule has 1 saturated heterocycles. The lowest BCUT2D eigenvalue weighted by atomic mass is 10.1. The number of amides is 1. The van der Waals surface area contributed by atoms with Crippen LogP contribution in [0.1, 0.15) is 15.9 Å². The molecule has 2 aromatic carbocycles. The highest BCUT2D eigenvalue weighted by Crippen LogP contribution is 2.22. The van der Waals surface area contributed by atoms with Crippen molar-refractivity contribution in [3.8, 4) is 5.75 Å². The van der Waals surface area contributed by atoms with Crippen molar-refractivity contribution in [2.75, 3.05) is 39.5 Å². The number of hydrogen-bond donors (Lipinski definition) is 1. The van der Waals surface area contributed by atoms with E-state index in [2.05, 4.69) is 5.32 Å². The minimum atomic E-state index is -3.66. The van der Waals surface area contributed by atoms with Gasteiger partial charge in [0.2, 0.25) is 10.0 Å². The zero-order valence-electron chi connectivity index (χ0n) is 15.8. The number of aryl methyl sites for hydroxylation is 1. The van der Waals surface area contributed by atoms with Gasteiger partial charge in [-0.15, -0.1) is 0 Å². The first-order chi connectivity index (χ1) is 13.5. The van der Waals surface area contributed by atoms with Gasteiger partial charge in [0.25, 0.3) is 5.91 Å². The predicted octanol–water partition coefficient (Wildman–Crippen LogP) is 1.82. The third kappa shape index (κ3) is 4.89. The largest absolute Gasteiger partial charge is 0.492 e. The molecule has 1 aliphatic heterocycles. The summed E-state index contributed by atoms with van der Waals surface area (Å²) in [4.78, 5) is 12.6. The Morgan fingerprint density at radius 3 is 2.57 bits per heavy atom. The number of hydrogen-bond acceptors (Lipinski definition) is 5. The highest BCUT2D eigenvalue weighted by atomic mass is 32.2. The first-order valence-corrected chi connectivity index (χ1v) is 10.6. The molecule has 1 heterocycles. The van der Waals surface area contributed by atoms with E-state index in [1.54, 1.807) is 19.1 Å². The fourth-order valence-electron chi connectivity index (χ4n) is 2.90. The summed E-state index contributed by atoms with van der Waals surface area (Å²) in [6, 6.07) is 14.0. The van der Waals surface area contributed by atoms with Gasteiger partial charge in [0.1, 0.15) is 12.4 Å². The summed E-state index contributed by atoms with van der Waals surface area (Å²) in [6.45, 7) is 3.74. The molecular formula is C20H24N2O5S. The summed E-state index contributed by atoms with van der Waals surface area (Å²) in [5.74, 6) is 0.390. The quantitative estimate of drug-likeness (QED) is 0.712. The van der Waals surface area contributed by atoms with E-state index in [4.69, 9.17) is 9.47 Å². The van der Waals surface area contributed by atoms with Crippen LogP contribution in [0.5, 0.6) is 5.75 Å². The number of rotatable bonds is 7. The molecular weight excluding hydrogens is 380 g/mol. The van der Waals surface area contributed by atoms with Crippen LogP contribution in [0.3, 0.4) is 0 Å². The van der Waals surface area contributed by atoms with E-state index < -0.39 is 10.0 Å². The molecule has 1 amide bonds. The second-order valence-corrected chi connectivity index (χ2v) is 8.32. The Bertz CT molecular complexity index is 909. The molecule has 0 radical (unpaired) electrons. The van der Waals surface area contributed by atoms with E-state index in [1.807, 2.05) is 30.3 Å². The van der Waals surface area contributed by atoms with Crippen LogP contribution < -0.4 is 10.1 Å². The summed E-state index contributed by atoms with van der Waals surface area (Å²) in [5.41, 5.74) is 0.910. The van der Waals surface area contributed by atoms with Crippen molar-refractivity contribution in [1.82, 2.24) is 9.62 Å². The number of nitrogens with zero attached hydrogens (tertiary/aromatic N) is 1. The van der Waals surface area contributed by atoms with Crippen molar-refractivity contribution in [3.05, 3.63) is 59.7 Å². The average Bonchev–Trinajstić information content (AvgIpc) is 2.72. The lowest BCUT2D eigenvalue weighted by molar-refractivity contribution is 0.0730. The van der Waals surface area contributed by atoms with Gasteiger partial charge < -0.3 is 14.8 Å². The third-order valence-electron chi connectivity index (χ3n) is 4.44. The monoisotopic (exact) mass is 404 g/mol. The SMILES string of the molecule is Cc1ccc(C(=O)NCCOc2ccccc2)cc1S(=O)(=O)N1CCOCC1. The van der Waals surface area contributed by atoms with E-state index >= 15 is 0 Å². The van der Waals surface area contributed by atoms with Crippen LogP contribution in [0.4, 0.5) is 0 Å². The lowest BCUT2D eigenvalue weighted by Gasteiger charge is -2.26.